The molecule has 110 valence electrons. The van der Waals surface area contributed by atoms with Crippen molar-refractivity contribution in [2.45, 2.75) is 53.0 Å². The Morgan fingerprint density at radius 1 is 1.20 bits per heavy atom. The third kappa shape index (κ3) is 2.65. The van der Waals surface area contributed by atoms with Crippen LogP contribution in [0.25, 0.3) is 0 Å². The number of hydrogen-bond acceptors (Lipinski definition) is 2. The Morgan fingerprint density at radius 3 is 2.25 bits per heavy atom. The molecule has 0 amide bonds. The Morgan fingerprint density at radius 2 is 1.75 bits per heavy atom. The lowest BCUT2D eigenvalue weighted by Crippen LogP contribution is -2.33. The molecule has 4 nitrogen and oxygen atoms in total. The topological polar surface area (TPSA) is 59.3 Å². The molecule has 1 N–H and O–H groups in total. The number of carboxylic acids is 1. The quantitative estimate of drug-likeness (QED) is 0.903. The number of carboxylic acid groups (broad SMARTS) is 1. The van der Waals surface area contributed by atoms with Crippen LogP contribution in [0.5, 0.6) is 0 Å². The molecule has 2 rings (SSSR count). The normalized spacial score (nSPS) is 26.5. The highest BCUT2D eigenvalue weighted by atomic mass is 16.4. The summed E-state index contributed by atoms with van der Waals surface area (Å²) < 4.78 is 1.71. The van der Waals surface area contributed by atoms with Crippen LogP contribution in [0.4, 0.5) is 0 Å². The van der Waals surface area contributed by atoms with Crippen LogP contribution in [0.3, 0.4) is 0 Å². The van der Waals surface area contributed by atoms with Crippen molar-refractivity contribution in [3.8, 4) is 0 Å². The van der Waals surface area contributed by atoms with Crippen LogP contribution in [-0.4, -0.2) is 15.6 Å². The maximum absolute atomic E-state index is 12.3. The van der Waals surface area contributed by atoms with Gasteiger partial charge in [0.05, 0.1) is 5.56 Å². The van der Waals surface area contributed by atoms with E-state index in [4.69, 9.17) is 0 Å². The SMILES string of the molecule is Cc1cc(=O)n(C2CC(C)CC(C)C2)c(C)c1C(=O)O. The summed E-state index contributed by atoms with van der Waals surface area (Å²) in [6.45, 7) is 7.85. The minimum Gasteiger partial charge on any atom is -0.478 e. The highest BCUT2D eigenvalue weighted by Crippen LogP contribution is 2.36. The number of carbonyl (C=O) groups is 1. The lowest BCUT2D eigenvalue weighted by atomic mass is 9.80. The van der Waals surface area contributed by atoms with Crippen molar-refractivity contribution in [2.24, 2.45) is 11.8 Å². The summed E-state index contributed by atoms with van der Waals surface area (Å²) >= 11 is 0. The molecule has 4 heteroatoms. The van der Waals surface area contributed by atoms with Gasteiger partial charge < -0.3 is 9.67 Å². The number of aromatic nitrogens is 1. The molecule has 2 atom stereocenters. The van der Waals surface area contributed by atoms with Crippen LogP contribution in [0, 0.1) is 25.7 Å². The minimum atomic E-state index is -0.953. The van der Waals surface area contributed by atoms with Crippen LogP contribution < -0.4 is 5.56 Å². The van der Waals surface area contributed by atoms with Gasteiger partial charge in [-0.15, -0.1) is 0 Å². The van der Waals surface area contributed by atoms with Gasteiger partial charge in [-0.25, -0.2) is 4.79 Å². The Bertz CT molecular complexity index is 578. The van der Waals surface area contributed by atoms with E-state index in [2.05, 4.69) is 13.8 Å². The highest BCUT2D eigenvalue weighted by Gasteiger charge is 2.28. The smallest absolute Gasteiger partial charge is 0.337 e. The van der Waals surface area contributed by atoms with Crippen molar-refractivity contribution in [2.75, 3.05) is 0 Å². The molecule has 1 fully saturated rings. The maximum atomic E-state index is 12.3. The molecule has 20 heavy (non-hydrogen) atoms. The molecule has 0 radical (unpaired) electrons. The minimum absolute atomic E-state index is 0.0729. The zero-order valence-electron chi connectivity index (χ0n) is 12.6. The first-order chi connectivity index (χ1) is 9.31. The summed E-state index contributed by atoms with van der Waals surface area (Å²) in [6.07, 6.45) is 3.09. The van der Waals surface area contributed by atoms with Crippen molar-refractivity contribution in [3.63, 3.8) is 0 Å². The first-order valence-electron chi connectivity index (χ1n) is 7.27. The fourth-order valence-electron chi connectivity index (χ4n) is 3.79. The van der Waals surface area contributed by atoms with Crippen LogP contribution in [0.1, 0.15) is 60.8 Å². The van der Waals surface area contributed by atoms with Crippen molar-refractivity contribution >= 4 is 5.97 Å². The summed E-state index contributed by atoms with van der Waals surface area (Å²) in [5, 5.41) is 9.35. The molecule has 0 aromatic carbocycles. The van der Waals surface area contributed by atoms with Gasteiger partial charge in [0, 0.05) is 17.8 Å². The fourth-order valence-corrected chi connectivity index (χ4v) is 3.79. The Balaban J connectivity index is 2.54. The monoisotopic (exact) mass is 277 g/mol. The zero-order valence-corrected chi connectivity index (χ0v) is 12.6. The van der Waals surface area contributed by atoms with Gasteiger partial charge >= 0.3 is 5.97 Å². The molecule has 0 aliphatic heterocycles. The zero-order chi connectivity index (χ0) is 15.0. The average Bonchev–Trinajstić information content (AvgIpc) is 2.25. The molecule has 2 unspecified atom stereocenters. The van der Waals surface area contributed by atoms with Gasteiger partial charge in [-0.1, -0.05) is 13.8 Å². The van der Waals surface area contributed by atoms with E-state index < -0.39 is 5.97 Å². The van der Waals surface area contributed by atoms with Gasteiger partial charge in [0.15, 0.2) is 0 Å². The molecular formula is C16H23NO3. The largest absolute Gasteiger partial charge is 0.478 e. The lowest BCUT2D eigenvalue weighted by molar-refractivity contribution is 0.0693. The molecule has 1 aromatic heterocycles. The van der Waals surface area contributed by atoms with E-state index in [9.17, 15) is 14.7 Å². The maximum Gasteiger partial charge on any atom is 0.337 e. The summed E-state index contributed by atoms with van der Waals surface area (Å²) in [5.41, 5.74) is 1.34. The van der Waals surface area contributed by atoms with E-state index in [0.717, 1.165) is 12.8 Å². The van der Waals surface area contributed by atoms with Crippen LogP contribution >= 0.6 is 0 Å². The van der Waals surface area contributed by atoms with Crippen molar-refractivity contribution < 1.29 is 9.90 Å². The standard InChI is InChI=1S/C16H23NO3/c1-9-5-10(2)7-13(6-9)17-12(4)15(16(19)20)11(3)8-14(17)18/h8-10,13H,5-7H2,1-4H3,(H,19,20). The number of nitrogens with zero attached hydrogens (tertiary/aromatic N) is 1. The van der Waals surface area contributed by atoms with Crippen LogP contribution in [0.15, 0.2) is 10.9 Å². The van der Waals surface area contributed by atoms with E-state index in [0.29, 0.717) is 23.1 Å². The second-order valence-corrected chi connectivity index (χ2v) is 6.37. The van der Waals surface area contributed by atoms with Gasteiger partial charge in [0.2, 0.25) is 0 Å². The van der Waals surface area contributed by atoms with E-state index >= 15 is 0 Å². The van der Waals surface area contributed by atoms with E-state index in [1.807, 2.05) is 0 Å². The number of aromatic carboxylic acids is 1. The fraction of sp³-hybridized carbons (Fsp3) is 0.625. The van der Waals surface area contributed by atoms with Crippen molar-refractivity contribution in [3.05, 3.63) is 33.2 Å². The number of pyridine rings is 1. The third-order valence-corrected chi connectivity index (χ3v) is 4.43. The summed E-state index contributed by atoms with van der Waals surface area (Å²) in [5.74, 6) is 0.194. The number of hydrogen-bond donors (Lipinski definition) is 1. The molecule has 0 spiro atoms. The van der Waals surface area contributed by atoms with Gasteiger partial charge in [-0.3, -0.25) is 4.79 Å². The van der Waals surface area contributed by atoms with E-state index in [1.54, 1.807) is 18.4 Å². The number of rotatable bonds is 2. The average molecular weight is 277 g/mol. The van der Waals surface area contributed by atoms with Gasteiger partial charge in [0.25, 0.3) is 5.56 Å². The van der Waals surface area contributed by atoms with Crippen LogP contribution in [0.2, 0.25) is 0 Å². The van der Waals surface area contributed by atoms with Crippen molar-refractivity contribution in [1.29, 1.82) is 0 Å². The van der Waals surface area contributed by atoms with Gasteiger partial charge in [0.1, 0.15) is 0 Å². The second-order valence-electron chi connectivity index (χ2n) is 6.37. The van der Waals surface area contributed by atoms with Gasteiger partial charge in [-0.05, 0) is 50.5 Å². The summed E-state index contributed by atoms with van der Waals surface area (Å²) in [4.78, 5) is 23.7. The molecule has 0 saturated heterocycles. The number of aryl methyl sites for hydroxylation is 1. The summed E-state index contributed by atoms with van der Waals surface area (Å²) in [7, 11) is 0. The molecule has 1 saturated carbocycles. The second kappa shape index (κ2) is 5.43. The molecule has 0 bridgehead atoms. The van der Waals surface area contributed by atoms with Crippen molar-refractivity contribution in [1.82, 2.24) is 4.57 Å². The summed E-state index contributed by atoms with van der Waals surface area (Å²) in [6, 6.07) is 1.58. The Hall–Kier alpha value is -1.58. The molecule has 1 heterocycles. The Kier molecular flexibility index (Phi) is 4.02. The predicted octanol–water partition coefficient (Wildman–Crippen LogP) is 3.16. The van der Waals surface area contributed by atoms with E-state index in [1.165, 1.54) is 12.5 Å². The third-order valence-electron chi connectivity index (χ3n) is 4.43. The first-order valence-corrected chi connectivity index (χ1v) is 7.27. The molecule has 1 aliphatic rings. The molecule has 1 aliphatic carbocycles. The van der Waals surface area contributed by atoms with Crippen LogP contribution in [-0.2, 0) is 0 Å². The lowest BCUT2D eigenvalue weighted by Gasteiger charge is -2.34. The molecule has 1 aromatic rings. The highest BCUT2D eigenvalue weighted by molar-refractivity contribution is 5.90. The van der Waals surface area contributed by atoms with E-state index in [-0.39, 0.29) is 17.2 Å². The Labute approximate surface area is 119 Å². The van der Waals surface area contributed by atoms with Gasteiger partial charge in [-0.2, -0.15) is 0 Å². The predicted molar refractivity (Wildman–Crippen MR) is 78.4 cm³/mol. The first kappa shape index (κ1) is 14.8. The molecular weight excluding hydrogens is 254 g/mol.